The van der Waals surface area contributed by atoms with E-state index in [1.54, 1.807) is 36.4 Å². The second kappa shape index (κ2) is 5.85. The van der Waals surface area contributed by atoms with Crippen LogP contribution in [0.4, 0.5) is 0 Å². The first-order valence-corrected chi connectivity index (χ1v) is 7.31. The fourth-order valence-corrected chi connectivity index (χ4v) is 2.63. The number of hydrogen-bond acceptors (Lipinski definition) is 4. The number of hydrogen-bond donors (Lipinski definition) is 1. The van der Waals surface area contributed by atoms with Gasteiger partial charge in [0.25, 0.3) is 5.56 Å². The smallest absolute Gasteiger partial charge is 0.272 e. The van der Waals surface area contributed by atoms with Crippen LogP contribution in [0.2, 0.25) is 5.02 Å². The SMILES string of the molecule is CC(=O)c1cc(Oc2n[nH]c(=O)c3cccc(Cl)c23)ccc1C. The maximum atomic E-state index is 11.8. The molecule has 0 radical (unpaired) electrons. The zero-order chi connectivity index (χ0) is 16.6. The van der Waals surface area contributed by atoms with Gasteiger partial charge in [0.05, 0.1) is 15.8 Å². The second-order valence-electron chi connectivity index (χ2n) is 5.16. The van der Waals surface area contributed by atoms with E-state index in [0.29, 0.717) is 27.1 Å². The van der Waals surface area contributed by atoms with Crippen molar-refractivity contribution >= 4 is 28.2 Å². The van der Waals surface area contributed by atoms with Crippen LogP contribution in [-0.2, 0) is 0 Å². The number of aromatic amines is 1. The molecule has 0 saturated carbocycles. The molecule has 3 aromatic rings. The molecular formula is C17H13ClN2O3. The first-order valence-electron chi connectivity index (χ1n) is 6.93. The van der Waals surface area contributed by atoms with Gasteiger partial charge < -0.3 is 4.74 Å². The lowest BCUT2D eigenvalue weighted by Crippen LogP contribution is -2.09. The number of carbonyl (C=O) groups excluding carboxylic acids is 1. The Hall–Kier alpha value is -2.66. The van der Waals surface area contributed by atoms with Crippen molar-refractivity contribution in [1.29, 1.82) is 0 Å². The van der Waals surface area contributed by atoms with E-state index in [-0.39, 0.29) is 17.2 Å². The number of carbonyl (C=O) groups is 1. The monoisotopic (exact) mass is 328 g/mol. The minimum Gasteiger partial charge on any atom is -0.437 e. The lowest BCUT2D eigenvalue weighted by Gasteiger charge is -2.10. The maximum Gasteiger partial charge on any atom is 0.272 e. The summed E-state index contributed by atoms with van der Waals surface area (Å²) in [5.74, 6) is 0.579. The van der Waals surface area contributed by atoms with Crippen molar-refractivity contribution in [3.63, 3.8) is 0 Å². The molecule has 116 valence electrons. The molecule has 0 atom stereocenters. The van der Waals surface area contributed by atoms with Gasteiger partial charge in [-0.25, -0.2) is 5.10 Å². The van der Waals surface area contributed by atoms with Gasteiger partial charge in [-0.2, -0.15) is 0 Å². The Balaban J connectivity index is 2.13. The summed E-state index contributed by atoms with van der Waals surface area (Å²) in [5, 5.41) is 7.51. The molecule has 6 heteroatoms. The summed E-state index contributed by atoms with van der Waals surface area (Å²) in [6.07, 6.45) is 0. The van der Waals surface area contributed by atoms with E-state index in [0.717, 1.165) is 5.56 Å². The highest BCUT2D eigenvalue weighted by molar-refractivity contribution is 6.36. The van der Waals surface area contributed by atoms with Gasteiger partial charge in [-0.05, 0) is 43.7 Å². The first-order chi connectivity index (χ1) is 11.0. The van der Waals surface area contributed by atoms with Crippen LogP contribution in [0.3, 0.4) is 0 Å². The van der Waals surface area contributed by atoms with Crippen molar-refractivity contribution in [2.24, 2.45) is 0 Å². The van der Waals surface area contributed by atoms with Crippen LogP contribution in [0, 0.1) is 6.92 Å². The van der Waals surface area contributed by atoms with Crippen molar-refractivity contribution in [3.8, 4) is 11.6 Å². The zero-order valence-corrected chi connectivity index (χ0v) is 13.3. The molecule has 5 nitrogen and oxygen atoms in total. The van der Waals surface area contributed by atoms with Gasteiger partial charge in [0.15, 0.2) is 5.78 Å². The van der Waals surface area contributed by atoms with E-state index in [1.165, 1.54) is 6.92 Å². The summed E-state index contributed by atoms with van der Waals surface area (Å²) in [4.78, 5) is 23.5. The van der Waals surface area contributed by atoms with Crippen LogP contribution in [0.1, 0.15) is 22.8 Å². The van der Waals surface area contributed by atoms with Gasteiger partial charge in [-0.1, -0.05) is 23.7 Å². The van der Waals surface area contributed by atoms with Crippen molar-refractivity contribution < 1.29 is 9.53 Å². The fourth-order valence-electron chi connectivity index (χ4n) is 2.38. The molecule has 0 aliphatic carbocycles. The number of fused-ring (bicyclic) bond motifs is 1. The summed E-state index contributed by atoms with van der Waals surface area (Å²) in [5.41, 5.74) is 1.09. The van der Waals surface area contributed by atoms with Gasteiger partial charge in [-0.15, -0.1) is 5.10 Å². The molecule has 0 spiro atoms. The highest BCUT2D eigenvalue weighted by atomic mass is 35.5. The van der Waals surface area contributed by atoms with Gasteiger partial charge in [0.1, 0.15) is 5.75 Å². The minimum absolute atomic E-state index is 0.0507. The number of ketones is 1. The Bertz CT molecular complexity index is 979. The number of nitrogens with zero attached hydrogens (tertiary/aromatic N) is 1. The van der Waals surface area contributed by atoms with Crippen LogP contribution < -0.4 is 10.3 Å². The maximum absolute atomic E-state index is 11.8. The van der Waals surface area contributed by atoms with E-state index in [2.05, 4.69) is 10.2 Å². The third-order valence-electron chi connectivity index (χ3n) is 3.53. The lowest BCUT2D eigenvalue weighted by atomic mass is 10.1. The van der Waals surface area contributed by atoms with Gasteiger partial charge in [0, 0.05) is 5.56 Å². The largest absolute Gasteiger partial charge is 0.437 e. The Morgan fingerprint density at radius 3 is 2.78 bits per heavy atom. The molecule has 3 rings (SSSR count). The van der Waals surface area contributed by atoms with Gasteiger partial charge >= 0.3 is 0 Å². The van der Waals surface area contributed by atoms with E-state index >= 15 is 0 Å². The van der Waals surface area contributed by atoms with Crippen molar-refractivity contribution in [2.45, 2.75) is 13.8 Å². The van der Waals surface area contributed by atoms with Gasteiger partial charge in [0.2, 0.25) is 5.88 Å². The number of benzene rings is 2. The minimum atomic E-state index is -0.344. The highest BCUT2D eigenvalue weighted by Crippen LogP contribution is 2.31. The molecule has 2 aromatic carbocycles. The molecule has 0 amide bonds. The second-order valence-corrected chi connectivity index (χ2v) is 5.56. The van der Waals surface area contributed by atoms with Crippen LogP contribution in [0.5, 0.6) is 11.6 Å². The molecular weight excluding hydrogens is 316 g/mol. The number of Topliss-reactive ketones (excluding diaryl/α,β-unsaturated/α-hetero) is 1. The number of nitrogens with one attached hydrogen (secondary N) is 1. The molecule has 0 bridgehead atoms. The summed E-state index contributed by atoms with van der Waals surface area (Å²) in [7, 11) is 0. The number of rotatable bonds is 3. The third kappa shape index (κ3) is 2.83. The molecule has 1 N–H and O–H groups in total. The predicted octanol–water partition coefficient (Wildman–Crippen LogP) is 3.88. The summed E-state index contributed by atoms with van der Waals surface area (Å²) < 4.78 is 5.76. The number of halogens is 1. The fraction of sp³-hybridized carbons (Fsp3) is 0.118. The average Bonchev–Trinajstić information content (AvgIpc) is 2.52. The molecule has 0 fully saturated rings. The quantitative estimate of drug-likeness (QED) is 0.740. The zero-order valence-electron chi connectivity index (χ0n) is 12.5. The van der Waals surface area contributed by atoms with E-state index in [4.69, 9.17) is 16.3 Å². The van der Waals surface area contributed by atoms with E-state index in [1.807, 2.05) is 6.92 Å². The van der Waals surface area contributed by atoms with Crippen LogP contribution in [-0.4, -0.2) is 16.0 Å². The van der Waals surface area contributed by atoms with Gasteiger partial charge in [-0.3, -0.25) is 9.59 Å². The molecule has 0 aliphatic heterocycles. The molecule has 0 saturated heterocycles. The number of H-pyrrole nitrogens is 1. The molecule has 23 heavy (non-hydrogen) atoms. The Labute approximate surface area is 136 Å². The van der Waals surface area contributed by atoms with E-state index in [9.17, 15) is 9.59 Å². The summed E-state index contributed by atoms with van der Waals surface area (Å²) >= 11 is 6.18. The highest BCUT2D eigenvalue weighted by Gasteiger charge is 2.13. The van der Waals surface area contributed by atoms with Crippen molar-refractivity contribution in [2.75, 3.05) is 0 Å². The Kier molecular flexibility index (Phi) is 3.88. The lowest BCUT2D eigenvalue weighted by molar-refractivity contribution is 0.101. The summed E-state index contributed by atoms with van der Waals surface area (Å²) in [6.45, 7) is 3.35. The number of aromatic nitrogens is 2. The normalized spacial score (nSPS) is 10.7. The molecule has 1 heterocycles. The Morgan fingerprint density at radius 1 is 1.26 bits per heavy atom. The van der Waals surface area contributed by atoms with Crippen molar-refractivity contribution in [1.82, 2.24) is 10.2 Å². The average molecular weight is 329 g/mol. The molecule has 0 aliphatic rings. The molecule has 0 unspecified atom stereocenters. The summed E-state index contributed by atoms with van der Waals surface area (Å²) in [6, 6.07) is 10.2. The number of ether oxygens (including phenoxy) is 1. The van der Waals surface area contributed by atoms with Crippen LogP contribution in [0.25, 0.3) is 10.8 Å². The van der Waals surface area contributed by atoms with Crippen molar-refractivity contribution in [3.05, 3.63) is 62.9 Å². The van der Waals surface area contributed by atoms with Crippen LogP contribution >= 0.6 is 11.6 Å². The topological polar surface area (TPSA) is 72.0 Å². The first kappa shape index (κ1) is 15.2. The number of aryl methyl sites for hydroxylation is 1. The third-order valence-corrected chi connectivity index (χ3v) is 3.85. The standard InChI is InChI=1S/C17H13ClN2O3/c1-9-6-7-11(8-13(9)10(2)21)23-17-15-12(16(22)19-20-17)4-3-5-14(15)18/h3-8H,1-2H3,(H,19,22). The predicted molar refractivity (Wildman–Crippen MR) is 88.6 cm³/mol. The van der Waals surface area contributed by atoms with E-state index < -0.39 is 0 Å². The molecule has 1 aromatic heterocycles. The van der Waals surface area contributed by atoms with Crippen LogP contribution in [0.15, 0.2) is 41.2 Å². The Morgan fingerprint density at radius 2 is 2.04 bits per heavy atom.